The Labute approximate surface area is 152 Å². The van der Waals surface area contributed by atoms with Gasteiger partial charge in [0.15, 0.2) is 0 Å². The molecule has 0 atom stereocenters. The maximum absolute atomic E-state index is 11.2. The number of carboxylic acid groups (broad SMARTS) is 1. The van der Waals surface area contributed by atoms with Gasteiger partial charge in [-0.05, 0) is 6.42 Å². The second-order valence-electron chi connectivity index (χ2n) is 5.95. The molecule has 0 aliphatic heterocycles. The Kier molecular flexibility index (Phi) is 23.8. The van der Waals surface area contributed by atoms with Crippen molar-refractivity contribution in [3.05, 3.63) is 0 Å². The van der Waals surface area contributed by atoms with Crippen LogP contribution in [-0.2, 0) is 9.59 Å². The van der Waals surface area contributed by atoms with Crippen molar-refractivity contribution >= 4 is 11.9 Å². The number of rotatable bonds is 16. The topological polar surface area (TPSA) is 119 Å². The van der Waals surface area contributed by atoms with Crippen LogP contribution in [0.1, 0.15) is 71.1 Å². The SMILES string of the molecule is CCCCCCCCCCCC(=O)NCC(=O)O.OCCNCCO. The van der Waals surface area contributed by atoms with E-state index in [0.717, 1.165) is 12.8 Å². The Bertz CT molecular complexity index is 297. The molecule has 0 aliphatic carbocycles. The first-order chi connectivity index (χ1) is 12.1. The van der Waals surface area contributed by atoms with Crippen LogP contribution in [-0.4, -0.2) is 60.0 Å². The van der Waals surface area contributed by atoms with Gasteiger partial charge in [0, 0.05) is 19.5 Å². The highest BCUT2D eigenvalue weighted by atomic mass is 16.4. The second-order valence-corrected chi connectivity index (χ2v) is 5.95. The lowest BCUT2D eigenvalue weighted by molar-refractivity contribution is -0.137. The summed E-state index contributed by atoms with van der Waals surface area (Å²) in [5, 5.41) is 29.8. The van der Waals surface area contributed by atoms with E-state index in [2.05, 4.69) is 17.6 Å². The van der Waals surface area contributed by atoms with Crippen molar-refractivity contribution in [2.45, 2.75) is 71.1 Å². The van der Waals surface area contributed by atoms with Crippen molar-refractivity contribution in [2.24, 2.45) is 0 Å². The molecule has 0 aromatic rings. The Morgan fingerprint density at radius 2 is 1.28 bits per heavy atom. The van der Waals surface area contributed by atoms with Crippen LogP contribution in [0.5, 0.6) is 0 Å². The summed E-state index contributed by atoms with van der Waals surface area (Å²) in [4.78, 5) is 21.4. The smallest absolute Gasteiger partial charge is 0.322 e. The number of hydrogen-bond acceptors (Lipinski definition) is 5. The minimum atomic E-state index is -0.990. The first-order valence-corrected chi connectivity index (χ1v) is 9.49. The molecule has 150 valence electrons. The molecule has 0 rings (SSSR count). The molecule has 0 unspecified atom stereocenters. The first kappa shape index (κ1) is 26.1. The summed E-state index contributed by atoms with van der Waals surface area (Å²) >= 11 is 0. The number of unbranched alkanes of at least 4 members (excludes halogenated alkanes) is 8. The molecule has 7 nitrogen and oxygen atoms in total. The van der Waals surface area contributed by atoms with Gasteiger partial charge in [-0.25, -0.2) is 0 Å². The molecular formula is C18H38N2O5. The third-order valence-electron chi connectivity index (χ3n) is 3.52. The maximum Gasteiger partial charge on any atom is 0.322 e. The number of aliphatic hydroxyl groups excluding tert-OH is 2. The van der Waals surface area contributed by atoms with Gasteiger partial charge in [-0.15, -0.1) is 0 Å². The standard InChI is InChI=1S/C14H27NO3.C4H11NO2/c1-2-3-4-5-6-7-8-9-10-11-13(16)15-12-14(17)18;6-3-1-5-2-4-7/h2-12H2,1H3,(H,15,16)(H,17,18);5-7H,1-4H2. The largest absolute Gasteiger partial charge is 0.480 e. The summed E-state index contributed by atoms with van der Waals surface area (Å²) in [7, 11) is 0. The van der Waals surface area contributed by atoms with Crippen LogP contribution in [0, 0.1) is 0 Å². The summed E-state index contributed by atoms with van der Waals surface area (Å²) < 4.78 is 0. The van der Waals surface area contributed by atoms with Crippen LogP contribution in [0.15, 0.2) is 0 Å². The third kappa shape index (κ3) is 27.9. The van der Waals surface area contributed by atoms with Crippen molar-refractivity contribution in [1.82, 2.24) is 10.6 Å². The average Bonchev–Trinajstić information content (AvgIpc) is 2.59. The highest BCUT2D eigenvalue weighted by Crippen LogP contribution is 2.10. The highest BCUT2D eigenvalue weighted by Gasteiger charge is 2.02. The number of carboxylic acids is 1. The van der Waals surface area contributed by atoms with Gasteiger partial charge < -0.3 is 26.0 Å². The van der Waals surface area contributed by atoms with Crippen molar-refractivity contribution in [2.75, 3.05) is 32.8 Å². The molecule has 25 heavy (non-hydrogen) atoms. The van der Waals surface area contributed by atoms with Crippen LogP contribution >= 0.6 is 0 Å². The molecule has 0 spiro atoms. The average molecular weight is 363 g/mol. The van der Waals surface area contributed by atoms with Crippen LogP contribution < -0.4 is 10.6 Å². The minimum absolute atomic E-state index is 0.139. The van der Waals surface area contributed by atoms with Gasteiger partial charge in [0.2, 0.25) is 5.91 Å². The molecule has 5 N–H and O–H groups in total. The van der Waals surface area contributed by atoms with Crippen LogP contribution in [0.4, 0.5) is 0 Å². The summed E-state index contributed by atoms with van der Waals surface area (Å²) in [6.07, 6.45) is 11.4. The molecule has 0 aromatic carbocycles. The fraction of sp³-hybridized carbons (Fsp3) is 0.889. The molecule has 0 bridgehead atoms. The Morgan fingerprint density at radius 3 is 1.72 bits per heavy atom. The minimum Gasteiger partial charge on any atom is -0.480 e. The van der Waals surface area contributed by atoms with Crippen molar-refractivity contribution in [3.63, 3.8) is 0 Å². The van der Waals surface area contributed by atoms with E-state index in [9.17, 15) is 9.59 Å². The lowest BCUT2D eigenvalue weighted by Crippen LogP contribution is -2.28. The molecular weight excluding hydrogens is 324 g/mol. The number of carbonyl (C=O) groups excluding carboxylic acids is 1. The van der Waals surface area contributed by atoms with Gasteiger partial charge in [-0.1, -0.05) is 58.3 Å². The summed E-state index contributed by atoms with van der Waals surface area (Å²) in [5.74, 6) is -1.14. The first-order valence-electron chi connectivity index (χ1n) is 9.49. The van der Waals surface area contributed by atoms with Crippen LogP contribution in [0.25, 0.3) is 0 Å². The van der Waals surface area contributed by atoms with Crippen molar-refractivity contribution in [1.29, 1.82) is 0 Å². The van der Waals surface area contributed by atoms with Gasteiger partial charge in [0.25, 0.3) is 0 Å². The normalized spacial score (nSPS) is 10.0. The van der Waals surface area contributed by atoms with E-state index in [1.807, 2.05) is 0 Å². The quantitative estimate of drug-likeness (QED) is 0.267. The second kappa shape index (κ2) is 22.8. The number of hydrogen-bond donors (Lipinski definition) is 5. The van der Waals surface area contributed by atoms with Gasteiger partial charge in [-0.3, -0.25) is 9.59 Å². The van der Waals surface area contributed by atoms with E-state index in [-0.39, 0.29) is 25.7 Å². The zero-order chi connectivity index (χ0) is 19.2. The van der Waals surface area contributed by atoms with Gasteiger partial charge >= 0.3 is 5.97 Å². The summed E-state index contributed by atoms with van der Waals surface area (Å²) in [6.45, 7) is 3.37. The lowest BCUT2D eigenvalue weighted by Gasteiger charge is -2.03. The molecule has 0 saturated carbocycles. The number of amides is 1. The van der Waals surface area contributed by atoms with Gasteiger partial charge in [0.05, 0.1) is 13.2 Å². The van der Waals surface area contributed by atoms with Crippen molar-refractivity contribution < 1.29 is 24.9 Å². The third-order valence-corrected chi connectivity index (χ3v) is 3.52. The zero-order valence-electron chi connectivity index (χ0n) is 15.8. The van der Waals surface area contributed by atoms with E-state index in [1.165, 1.54) is 44.9 Å². The van der Waals surface area contributed by atoms with E-state index < -0.39 is 5.97 Å². The zero-order valence-corrected chi connectivity index (χ0v) is 15.8. The lowest BCUT2D eigenvalue weighted by atomic mass is 10.1. The number of nitrogens with one attached hydrogen (secondary N) is 2. The molecule has 1 amide bonds. The van der Waals surface area contributed by atoms with Crippen LogP contribution in [0.2, 0.25) is 0 Å². The number of aliphatic hydroxyl groups is 2. The number of aliphatic carboxylic acids is 1. The fourth-order valence-electron chi connectivity index (χ4n) is 2.14. The summed E-state index contributed by atoms with van der Waals surface area (Å²) in [6, 6.07) is 0. The Morgan fingerprint density at radius 1 is 0.800 bits per heavy atom. The van der Waals surface area contributed by atoms with E-state index in [0.29, 0.717) is 19.5 Å². The molecule has 0 aromatic heterocycles. The number of carbonyl (C=O) groups is 2. The maximum atomic E-state index is 11.2. The van der Waals surface area contributed by atoms with Gasteiger partial charge in [0.1, 0.15) is 6.54 Å². The fourth-order valence-corrected chi connectivity index (χ4v) is 2.14. The molecule has 0 heterocycles. The molecule has 0 aliphatic rings. The van der Waals surface area contributed by atoms with Crippen molar-refractivity contribution in [3.8, 4) is 0 Å². The molecule has 7 heteroatoms. The van der Waals surface area contributed by atoms with E-state index >= 15 is 0 Å². The molecule has 0 radical (unpaired) electrons. The molecule has 0 saturated heterocycles. The van der Waals surface area contributed by atoms with E-state index in [4.69, 9.17) is 15.3 Å². The predicted octanol–water partition coefficient (Wildman–Crippen LogP) is 1.67. The Balaban J connectivity index is 0. The van der Waals surface area contributed by atoms with Gasteiger partial charge in [-0.2, -0.15) is 0 Å². The van der Waals surface area contributed by atoms with Crippen LogP contribution in [0.3, 0.4) is 0 Å². The van der Waals surface area contributed by atoms with E-state index in [1.54, 1.807) is 0 Å². The summed E-state index contributed by atoms with van der Waals surface area (Å²) in [5.41, 5.74) is 0. The molecule has 0 fully saturated rings. The highest BCUT2D eigenvalue weighted by molar-refractivity contribution is 5.80. The predicted molar refractivity (Wildman–Crippen MR) is 99.5 cm³/mol. The monoisotopic (exact) mass is 362 g/mol. The Hall–Kier alpha value is -1.18.